The number of hydrogen-bond donors (Lipinski definition) is 3. The van der Waals surface area contributed by atoms with Crippen molar-refractivity contribution in [3.05, 3.63) is 73.1 Å². The van der Waals surface area contributed by atoms with E-state index in [0.717, 1.165) is 29.7 Å². The molecular weight excluding hydrogens is 544 g/mol. The van der Waals surface area contributed by atoms with Crippen LogP contribution >= 0.6 is 12.4 Å². The Labute approximate surface area is 245 Å². The maximum Gasteiger partial charge on any atom is 0.253 e. The lowest BCUT2D eigenvalue weighted by Crippen LogP contribution is -2.29. The van der Waals surface area contributed by atoms with Crippen LogP contribution in [0.15, 0.2) is 67.5 Å². The summed E-state index contributed by atoms with van der Waals surface area (Å²) in [6.07, 6.45) is 4.62. The van der Waals surface area contributed by atoms with Gasteiger partial charge in [-0.25, -0.2) is 4.98 Å². The van der Waals surface area contributed by atoms with Gasteiger partial charge in [0.1, 0.15) is 11.6 Å². The topological polar surface area (TPSA) is 117 Å². The van der Waals surface area contributed by atoms with Crippen LogP contribution in [0.1, 0.15) is 10.4 Å². The number of carbonyl (C=O) groups is 2. The van der Waals surface area contributed by atoms with Crippen molar-refractivity contribution in [3.8, 4) is 11.6 Å². The Morgan fingerprint density at radius 2 is 1.85 bits per heavy atom. The molecule has 0 unspecified atom stereocenters. The standard InChI is InChI=1S/C29H34N8O3.ClH/c1-7-27(38)32-21-16-22(25(40-6)17-24(21)36(5)15-14-35(3)4)33-29-31-13-12-26(34-29)37-18-20(28(39)30-2)19-10-8-9-11-23(19)37;/h7-13,16-18H,1,14-15H2,2-6H3,(H,30,39)(H,32,38)(H,31,33,34);1H. The Hall–Kier alpha value is -4.61. The molecule has 2 heterocycles. The molecule has 216 valence electrons. The predicted molar refractivity (Wildman–Crippen MR) is 166 cm³/mol. The first-order valence-corrected chi connectivity index (χ1v) is 12.7. The second-order valence-corrected chi connectivity index (χ2v) is 9.36. The van der Waals surface area contributed by atoms with Gasteiger partial charge in [0, 0.05) is 51.0 Å². The van der Waals surface area contributed by atoms with Crippen LogP contribution in [0.3, 0.4) is 0 Å². The average molecular weight is 579 g/mol. The molecule has 0 bridgehead atoms. The normalized spacial score (nSPS) is 10.6. The Kier molecular flexibility index (Phi) is 10.3. The maximum absolute atomic E-state index is 12.5. The number of anilines is 4. The summed E-state index contributed by atoms with van der Waals surface area (Å²) in [5.41, 5.74) is 3.31. The Balaban J connectivity index is 0.00000462. The zero-order chi connectivity index (χ0) is 28.8. The smallest absolute Gasteiger partial charge is 0.253 e. The molecule has 2 amide bonds. The second kappa shape index (κ2) is 13.6. The summed E-state index contributed by atoms with van der Waals surface area (Å²) in [6.45, 7) is 5.13. The number of rotatable bonds is 11. The molecule has 41 heavy (non-hydrogen) atoms. The van der Waals surface area contributed by atoms with E-state index >= 15 is 0 Å². The molecule has 0 aliphatic carbocycles. The molecule has 4 aromatic rings. The SMILES string of the molecule is C=CC(=O)Nc1cc(Nc2nccc(-n3cc(C(=O)NC)c4ccccc43)n2)c(OC)cc1N(C)CCN(C)C.Cl. The lowest BCUT2D eigenvalue weighted by Gasteiger charge is -2.26. The Morgan fingerprint density at radius 3 is 2.54 bits per heavy atom. The number of ether oxygens (including phenoxy) is 1. The van der Waals surface area contributed by atoms with E-state index in [-0.39, 0.29) is 24.2 Å². The summed E-state index contributed by atoms with van der Waals surface area (Å²) in [5.74, 6) is 0.915. The molecule has 0 aliphatic heterocycles. The van der Waals surface area contributed by atoms with Gasteiger partial charge in [-0.15, -0.1) is 12.4 Å². The van der Waals surface area contributed by atoms with Crippen molar-refractivity contribution in [1.29, 1.82) is 0 Å². The van der Waals surface area contributed by atoms with Crippen molar-refractivity contribution >= 4 is 58.1 Å². The van der Waals surface area contributed by atoms with Crippen molar-refractivity contribution in [2.24, 2.45) is 0 Å². The van der Waals surface area contributed by atoms with Crippen LogP contribution in [0.5, 0.6) is 5.75 Å². The Bertz CT molecular complexity index is 1550. The quantitative estimate of drug-likeness (QED) is 0.228. The molecular formula is C29H35ClN8O3. The van der Waals surface area contributed by atoms with Crippen molar-refractivity contribution in [2.45, 2.75) is 0 Å². The van der Waals surface area contributed by atoms with Crippen LogP contribution in [0.4, 0.5) is 23.0 Å². The van der Waals surface area contributed by atoms with Crippen LogP contribution < -0.4 is 25.6 Å². The third-order valence-electron chi connectivity index (χ3n) is 6.37. The summed E-state index contributed by atoms with van der Waals surface area (Å²) in [5, 5.41) is 9.62. The molecule has 12 heteroatoms. The molecule has 0 aliphatic rings. The van der Waals surface area contributed by atoms with Crippen LogP contribution in [0.25, 0.3) is 16.7 Å². The van der Waals surface area contributed by atoms with Gasteiger partial charge in [-0.05, 0) is 38.4 Å². The van der Waals surface area contributed by atoms with E-state index in [1.807, 2.05) is 60.9 Å². The molecule has 0 saturated carbocycles. The van der Waals surface area contributed by atoms with E-state index in [1.165, 1.54) is 6.08 Å². The largest absolute Gasteiger partial charge is 0.494 e. The second-order valence-electron chi connectivity index (χ2n) is 9.36. The van der Waals surface area contributed by atoms with Gasteiger partial charge >= 0.3 is 0 Å². The van der Waals surface area contributed by atoms with Gasteiger partial charge in [-0.2, -0.15) is 4.98 Å². The van der Waals surface area contributed by atoms with Crippen molar-refractivity contribution in [1.82, 2.24) is 24.8 Å². The highest BCUT2D eigenvalue weighted by molar-refractivity contribution is 6.07. The minimum atomic E-state index is -0.331. The lowest BCUT2D eigenvalue weighted by atomic mass is 10.2. The number of likely N-dealkylation sites (N-methyl/N-ethyl adjacent to an activating group) is 2. The number of halogens is 1. The molecule has 0 saturated heterocycles. The molecule has 0 fully saturated rings. The van der Waals surface area contributed by atoms with E-state index in [9.17, 15) is 9.59 Å². The van der Waals surface area contributed by atoms with Crippen molar-refractivity contribution in [2.75, 3.05) is 63.9 Å². The fourth-order valence-corrected chi connectivity index (χ4v) is 4.25. The van der Waals surface area contributed by atoms with Gasteiger partial charge in [0.15, 0.2) is 0 Å². The molecule has 0 spiro atoms. The average Bonchev–Trinajstić information content (AvgIpc) is 3.35. The number of para-hydroxylation sites is 1. The zero-order valence-corrected chi connectivity index (χ0v) is 24.6. The number of fused-ring (bicyclic) bond motifs is 1. The van der Waals surface area contributed by atoms with Crippen molar-refractivity contribution in [3.63, 3.8) is 0 Å². The van der Waals surface area contributed by atoms with E-state index in [1.54, 1.807) is 38.7 Å². The first kappa shape index (κ1) is 30.9. The predicted octanol–water partition coefficient (Wildman–Crippen LogP) is 4.08. The highest BCUT2D eigenvalue weighted by Gasteiger charge is 2.18. The summed E-state index contributed by atoms with van der Waals surface area (Å²) in [6, 6.07) is 13.0. The molecule has 0 radical (unpaired) electrons. The van der Waals surface area contributed by atoms with Gasteiger partial charge in [-0.3, -0.25) is 9.59 Å². The summed E-state index contributed by atoms with van der Waals surface area (Å²) >= 11 is 0. The minimum Gasteiger partial charge on any atom is -0.494 e. The number of carbonyl (C=O) groups excluding carboxylic acids is 2. The number of nitrogens with zero attached hydrogens (tertiary/aromatic N) is 5. The van der Waals surface area contributed by atoms with E-state index in [4.69, 9.17) is 9.72 Å². The molecule has 4 rings (SSSR count). The lowest BCUT2D eigenvalue weighted by molar-refractivity contribution is -0.111. The fourth-order valence-electron chi connectivity index (χ4n) is 4.25. The number of methoxy groups -OCH3 is 1. The third kappa shape index (κ3) is 6.94. The van der Waals surface area contributed by atoms with E-state index in [0.29, 0.717) is 34.5 Å². The monoisotopic (exact) mass is 578 g/mol. The van der Waals surface area contributed by atoms with Gasteiger partial charge in [0.2, 0.25) is 11.9 Å². The van der Waals surface area contributed by atoms with Crippen LogP contribution in [-0.4, -0.2) is 79.6 Å². The number of hydrogen-bond acceptors (Lipinski definition) is 8. The third-order valence-corrected chi connectivity index (χ3v) is 6.37. The summed E-state index contributed by atoms with van der Waals surface area (Å²) in [7, 11) is 9.15. The van der Waals surface area contributed by atoms with Crippen molar-refractivity contribution < 1.29 is 14.3 Å². The zero-order valence-electron chi connectivity index (χ0n) is 23.8. The number of aromatic nitrogens is 3. The van der Waals surface area contributed by atoms with E-state index < -0.39 is 0 Å². The molecule has 2 aromatic heterocycles. The van der Waals surface area contributed by atoms with Crippen LogP contribution in [0.2, 0.25) is 0 Å². The Morgan fingerprint density at radius 1 is 1.10 bits per heavy atom. The molecule has 2 aromatic carbocycles. The highest BCUT2D eigenvalue weighted by Crippen LogP contribution is 2.38. The van der Waals surface area contributed by atoms with Crippen LogP contribution in [0, 0.1) is 0 Å². The fraction of sp³-hybridized carbons (Fsp3) is 0.241. The maximum atomic E-state index is 12.5. The number of nitrogens with one attached hydrogen (secondary N) is 3. The highest BCUT2D eigenvalue weighted by atomic mass is 35.5. The van der Waals surface area contributed by atoms with E-state index in [2.05, 4.69) is 32.4 Å². The van der Waals surface area contributed by atoms with Gasteiger partial charge in [-0.1, -0.05) is 24.8 Å². The number of benzene rings is 2. The number of amides is 2. The van der Waals surface area contributed by atoms with Gasteiger partial charge in [0.05, 0.1) is 35.3 Å². The molecule has 3 N–H and O–H groups in total. The first-order valence-electron chi connectivity index (χ1n) is 12.7. The first-order chi connectivity index (χ1) is 19.2. The summed E-state index contributed by atoms with van der Waals surface area (Å²) < 4.78 is 7.55. The van der Waals surface area contributed by atoms with Gasteiger partial charge in [0.25, 0.3) is 5.91 Å². The molecule has 11 nitrogen and oxygen atoms in total. The minimum absolute atomic E-state index is 0. The molecule has 0 atom stereocenters. The van der Waals surface area contributed by atoms with Gasteiger partial charge < -0.3 is 35.1 Å². The summed E-state index contributed by atoms with van der Waals surface area (Å²) in [4.78, 5) is 38.0. The van der Waals surface area contributed by atoms with Crippen LogP contribution in [-0.2, 0) is 4.79 Å².